The number of esters is 1. The zero-order chi connectivity index (χ0) is 20.1. The fraction of sp³-hybridized carbons (Fsp3) is 0.409. The maximum atomic E-state index is 12.7. The Hall–Kier alpha value is -3.09. The van der Waals surface area contributed by atoms with E-state index in [9.17, 15) is 4.79 Å². The van der Waals surface area contributed by atoms with E-state index < -0.39 is 0 Å². The normalized spacial score (nSPS) is 23.8. The van der Waals surface area contributed by atoms with Crippen LogP contribution in [0.25, 0.3) is 0 Å². The Morgan fingerprint density at radius 3 is 2.48 bits per heavy atom. The van der Waals surface area contributed by atoms with Crippen LogP contribution in [0.4, 0.5) is 0 Å². The summed E-state index contributed by atoms with van der Waals surface area (Å²) in [4.78, 5) is 12.7. The zero-order valence-corrected chi connectivity index (χ0v) is 16.5. The van der Waals surface area contributed by atoms with Gasteiger partial charge in [0.25, 0.3) is 0 Å². The molecule has 5 rings (SSSR count). The van der Waals surface area contributed by atoms with Gasteiger partial charge in [0.15, 0.2) is 23.0 Å². The van der Waals surface area contributed by atoms with Crippen LogP contribution in [-0.4, -0.2) is 40.7 Å². The summed E-state index contributed by atoms with van der Waals surface area (Å²) in [6.45, 7) is 0.614. The van der Waals surface area contributed by atoms with Crippen LogP contribution in [0.3, 0.4) is 0 Å². The highest BCUT2D eigenvalue weighted by Gasteiger charge is 2.49. The summed E-state index contributed by atoms with van der Waals surface area (Å²) in [5.41, 5.74) is 2.96. The van der Waals surface area contributed by atoms with Gasteiger partial charge in [-0.1, -0.05) is 6.07 Å². The molecular weight excluding hydrogens is 376 g/mol. The number of hydrogen-bond donors (Lipinski definition) is 0. The Labute approximate surface area is 168 Å². The fourth-order valence-corrected chi connectivity index (χ4v) is 4.86. The second-order valence-electron chi connectivity index (χ2n) is 7.43. The van der Waals surface area contributed by atoms with Crippen molar-refractivity contribution in [1.82, 2.24) is 0 Å². The van der Waals surface area contributed by atoms with Gasteiger partial charge in [0.1, 0.15) is 0 Å². The lowest BCUT2D eigenvalue weighted by Crippen LogP contribution is -2.32. The Morgan fingerprint density at radius 2 is 1.72 bits per heavy atom. The molecule has 0 spiro atoms. The summed E-state index contributed by atoms with van der Waals surface area (Å²) < 4.78 is 33.4. The molecule has 2 aromatic carbocycles. The monoisotopic (exact) mass is 398 g/mol. The average Bonchev–Trinajstić information content (AvgIpc) is 3.36. The number of carbonyl (C=O) groups excluding carboxylic acids is 1. The molecule has 1 saturated heterocycles. The number of carbonyl (C=O) groups is 1. The van der Waals surface area contributed by atoms with Crippen LogP contribution in [0.1, 0.15) is 22.6 Å². The van der Waals surface area contributed by atoms with Gasteiger partial charge in [0, 0.05) is 17.4 Å². The first-order valence-electron chi connectivity index (χ1n) is 9.54. The SMILES string of the molecule is COc1cc2c(c(OC)c1OC)[C@H](c1ccc3c(c1)OCO3)[C@H]1C(=O)OC[C@@H]1C2. The highest BCUT2D eigenvalue weighted by Crippen LogP contribution is 2.55. The Kier molecular flexibility index (Phi) is 4.19. The zero-order valence-electron chi connectivity index (χ0n) is 16.5. The first-order chi connectivity index (χ1) is 14.2. The molecule has 3 aliphatic rings. The van der Waals surface area contributed by atoms with E-state index in [2.05, 4.69) is 0 Å². The Morgan fingerprint density at radius 1 is 0.931 bits per heavy atom. The minimum absolute atomic E-state index is 0.0910. The number of methoxy groups -OCH3 is 3. The van der Waals surface area contributed by atoms with Crippen molar-refractivity contribution in [2.45, 2.75) is 12.3 Å². The standard InChI is InChI=1S/C22H22O7/c1-24-16-8-12-6-13-9-27-22(23)19(13)17(18(12)21(26-3)20(16)25-2)11-4-5-14-15(7-11)29-10-28-14/h4-5,7-8,13,17,19H,6,9-10H2,1-3H3/t13-,17-,19-/m0/s1. The third-order valence-corrected chi connectivity index (χ3v) is 6.08. The molecular formula is C22H22O7. The van der Waals surface area contributed by atoms with Crippen molar-refractivity contribution in [2.75, 3.05) is 34.7 Å². The van der Waals surface area contributed by atoms with E-state index in [1.807, 2.05) is 24.3 Å². The molecule has 152 valence electrons. The number of hydrogen-bond acceptors (Lipinski definition) is 7. The van der Waals surface area contributed by atoms with Crippen LogP contribution in [0.15, 0.2) is 24.3 Å². The Balaban J connectivity index is 1.75. The molecule has 2 aliphatic heterocycles. The van der Waals surface area contributed by atoms with Crippen LogP contribution in [-0.2, 0) is 16.0 Å². The van der Waals surface area contributed by atoms with E-state index in [0.29, 0.717) is 41.8 Å². The number of fused-ring (bicyclic) bond motifs is 3. The molecule has 0 aromatic heterocycles. The second kappa shape index (κ2) is 6.76. The maximum absolute atomic E-state index is 12.7. The first-order valence-corrected chi connectivity index (χ1v) is 9.54. The minimum Gasteiger partial charge on any atom is -0.493 e. The molecule has 7 heteroatoms. The van der Waals surface area contributed by atoms with Gasteiger partial charge in [0.2, 0.25) is 12.5 Å². The third-order valence-electron chi connectivity index (χ3n) is 6.08. The van der Waals surface area contributed by atoms with Gasteiger partial charge in [0.05, 0.1) is 33.9 Å². The molecule has 0 N–H and O–H groups in total. The molecule has 1 fully saturated rings. The number of rotatable bonds is 4. The second-order valence-corrected chi connectivity index (χ2v) is 7.43. The van der Waals surface area contributed by atoms with E-state index in [4.69, 9.17) is 28.4 Å². The van der Waals surface area contributed by atoms with Crippen molar-refractivity contribution in [2.24, 2.45) is 11.8 Å². The number of ether oxygens (including phenoxy) is 6. The molecule has 7 nitrogen and oxygen atoms in total. The Bertz CT molecular complexity index is 984. The predicted molar refractivity (Wildman–Crippen MR) is 102 cm³/mol. The number of cyclic esters (lactones) is 1. The van der Waals surface area contributed by atoms with Crippen molar-refractivity contribution in [3.63, 3.8) is 0 Å². The molecule has 3 atom stereocenters. The van der Waals surface area contributed by atoms with Gasteiger partial charge in [-0.2, -0.15) is 0 Å². The van der Waals surface area contributed by atoms with Crippen LogP contribution >= 0.6 is 0 Å². The van der Waals surface area contributed by atoms with Crippen molar-refractivity contribution in [3.8, 4) is 28.7 Å². The van der Waals surface area contributed by atoms with Gasteiger partial charge in [-0.25, -0.2) is 0 Å². The average molecular weight is 398 g/mol. The van der Waals surface area contributed by atoms with E-state index >= 15 is 0 Å². The number of benzene rings is 2. The molecule has 1 aliphatic carbocycles. The molecule has 2 aromatic rings. The lowest BCUT2D eigenvalue weighted by Gasteiger charge is -2.35. The summed E-state index contributed by atoms with van der Waals surface area (Å²) in [6.07, 6.45) is 0.712. The largest absolute Gasteiger partial charge is 0.493 e. The van der Waals surface area contributed by atoms with Gasteiger partial charge in [-0.3, -0.25) is 4.79 Å². The molecule has 0 radical (unpaired) electrons. The fourth-order valence-electron chi connectivity index (χ4n) is 4.86. The quantitative estimate of drug-likeness (QED) is 0.733. The molecule has 2 heterocycles. The van der Waals surface area contributed by atoms with E-state index in [0.717, 1.165) is 16.7 Å². The third kappa shape index (κ3) is 2.60. The van der Waals surface area contributed by atoms with Gasteiger partial charge in [-0.05, 0) is 35.7 Å². The van der Waals surface area contributed by atoms with Gasteiger partial charge in [-0.15, -0.1) is 0 Å². The van der Waals surface area contributed by atoms with Crippen LogP contribution in [0, 0.1) is 11.8 Å². The highest BCUT2D eigenvalue weighted by molar-refractivity contribution is 5.79. The summed E-state index contributed by atoms with van der Waals surface area (Å²) in [5, 5.41) is 0. The molecule has 0 saturated carbocycles. The lowest BCUT2D eigenvalue weighted by molar-refractivity contribution is -0.141. The summed E-state index contributed by atoms with van der Waals surface area (Å²) in [5.74, 6) is 2.46. The van der Waals surface area contributed by atoms with E-state index in [1.54, 1.807) is 21.3 Å². The van der Waals surface area contributed by atoms with E-state index in [1.165, 1.54) is 0 Å². The van der Waals surface area contributed by atoms with Gasteiger partial charge >= 0.3 is 5.97 Å². The van der Waals surface area contributed by atoms with Crippen molar-refractivity contribution in [3.05, 3.63) is 41.0 Å². The van der Waals surface area contributed by atoms with Crippen LogP contribution < -0.4 is 23.7 Å². The van der Waals surface area contributed by atoms with Crippen LogP contribution in [0.5, 0.6) is 28.7 Å². The summed E-state index contributed by atoms with van der Waals surface area (Å²) in [6, 6.07) is 7.79. The van der Waals surface area contributed by atoms with Crippen molar-refractivity contribution < 1.29 is 33.2 Å². The summed E-state index contributed by atoms with van der Waals surface area (Å²) in [7, 11) is 4.79. The van der Waals surface area contributed by atoms with Gasteiger partial charge < -0.3 is 28.4 Å². The molecule has 0 amide bonds. The minimum atomic E-state index is -0.296. The van der Waals surface area contributed by atoms with Crippen LogP contribution in [0.2, 0.25) is 0 Å². The topological polar surface area (TPSA) is 72.5 Å². The lowest BCUT2D eigenvalue weighted by atomic mass is 9.67. The highest BCUT2D eigenvalue weighted by atomic mass is 16.7. The first kappa shape index (κ1) is 18.0. The molecule has 0 bridgehead atoms. The van der Waals surface area contributed by atoms with Crippen molar-refractivity contribution in [1.29, 1.82) is 0 Å². The van der Waals surface area contributed by atoms with Crippen molar-refractivity contribution >= 4 is 5.97 Å². The smallest absolute Gasteiger partial charge is 0.310 e. The maximum Gasteiger partial charge on any atom is 0.310 e. The predicted octanol–water partition coefficient (Wildman–Crippen LogP) is 2.92. The molecule has 29 heavy (non-hydrogen) atoms. The summed E-state index contributed by atoms with van der Waals surface area (Å²) >= 11 is 0. The van der Waals surface area contributed by atoms with E-state index in [-0.39, 0.29) is 30.5 Å². The molecule has 0 unspecified atom stereocenters.